The molecule has 1 fully saturated rings. The van der Waals surface area contributed by atoms with Crippen LogP contribution in [0.3, 0.4) is 0 Å². The molecule has 0 spiro atoms. The molecule has 5 nitrogen and oxygen atoms in total. The second-order valence-electron chi connectivity index (χ2n) is 5.63. The van der Waals surface area contributed by atoms with Crippen molar-refractivity contribution < 1.29 is 4.74 Å². The number of hydrazine groups is 1. The smallest absolute Gasteiger partial charge is 0.0640 e. The maximum absolute atomic E-state index is 5.64. The number of nitrogens with one attached hydrogen (secondary N) is 1. The Morgan fingerprint density at radius 1 is 1.50 bits per heavy atom. The van der Waals surface area contributed by atoms with Crippen LogP contribution >= 0.6 is 0 Å². The molecule has 114 valence electrons. The molecule has 2 rings (SSSR count). The van der Waals surface area contributed by atoms with Crippen LogP contribution in [0.2, 0.25) is 0 Å². The molecule has 20 heavy (non-hydrogen) atoms. The number of ether oxygens (including phenoxy) is 1. The van der Waals surface area contributed by atoms with Gasteiger partial charge in [-0.2, -0.15) is 5.10 Å². The summed E-state index contributed by atoms with van der Waals surface area (Å²) in [5.41, 5.74) is 4.04. The van der Waals surface area contributed by atoms with Gasteiger partial charge in [0.1, 0.15) is 0 Å². The summed E-state index contributed by atoms with van der Waals surface area (Å²) >= 11 is 0. The second kappa shape index (κ2) is 8.39. The van der Waals surface area contributed by atoms with E-state index in [9.17, 15) is 0 Å². The van der Waals surface area contributed by atoms with Gasteiger partial charge >= 0.3 is 0 Å². The van der Waals surface area contributed by atoms with E-state index in [1.807, 2.05) is 6.92 Å². The molecule has 1 aromatic rings. The summed E-state index contributed by atoms with van der Waals surface area (Å²) < 4.78 is 7.51. The Morgan fingerprint density at radius 3 is 3.00 bits per heavy atom. The van der Waals surface area contributed by atoms with E-state index in [0.717, 1.165) is 38.2 Å². The van der Waals surface area contributed by atoms with E-state index < -0.39 is 0 Å². The van der Waals surface area contributed by atoms with Crippen molar-refractivity contribution in [2.75, 3.05) is 13.2 Å². The summed E-state index contributed by atoms with van der Waals surface area (Å²) in [5.74, 6) is 5.64. The normalized spacial score (nSPS) is 17.7. The zero-order chi connectivity index (χ0) is 14.2. The van der Waals surface area contributed by atoms with E-state index in [4.69, 9.17) is 15.7 Å². The number of hydrogen-bond donors (Lipinski definition) is 2. The number of nitrogens with zero attached hydrogens (tertiary/aromatic N) is 2. The molecular formula is C15H28N4O. The Balaban J connectivity index is 1.78. The highest BCUT2D eigenvalue weighted by Gasteiger charge is 2.18. The second-order valence-corrected chi connectivity index (χ2v) is 5.63. The lowest BCUT2D eigenvalue weighted by Crippen LogP contribution is -2.37. The fraction of sp³-hybridized carbons (Fsp3) is 0.800. The number of rotatable bonds is 9. The summed E-state index contributed by atoms with van der Waals surface area (Å²) in [6.07, 6.45) is 10.3. The van der Waals surface area contributed by atoms with E-state index in [1.54, 1.807) is 0 Å². The fourth-order valence-electron chi connectivity index (χ4n) is 2.93. The molecule has 3 N–H and O–H groups in total. The van der Waals surface area contributed by atoms with Gasteiger partial charge in [0.25, 0.3) is 0 Å². The molecule has 1 unspecified atom stereocenters. The van der Waals surface area contributed by atoms with Crippen LogP contribution in [0.5, 0.6) is 0 Å². The van der Waals surface area contributed by atoms with Crippen molar-refractivity contribution in [3.8, 4) is 0 Å². The average Bonchev–Trinajstić information content (AvgIpc) is 3.12. The molecule has 0 aliphatic heterocycles. The summed E-state index contributed by atoms with van der Waals surface area (Å²) in [6, 6.07) is 3.03. The monoisotopic (exact) mass is 280 g/mol. The first-order valence-electron chi connectivity index (χ1n) is 7.91. The molecule has 0 aromatic carbocycles. The van der Waals surface area contributed by atoms with Gasteiger partial charge in [0.15, 0.2) is 0 Å². The third-order valence-electron chi connectivity index (χ3n) is 4.10. The molecule has 1 saturated carbocycles. The molecule has 1 heterocycles. The van der Waals surface area contributed by atoms with Crippen molar-refractivity contribution in [3.63, 3.8) is 0 Å². The molecule has 0 amide bonds. The predicted molar refractivity (Wildman–Crippen MR) is 80.3 cm³/mol. The molecule has 0 bridgehead atoms. The van der Waals surface area contributed by atoms with Gasteiger partial charge in [-0.1, -0.05) is 12.8 Å². The minimum Gasteiger partial charge on any atom is -0.382 e. The van der Waals surface area contributed by atoms with Crippen LogP contribution in [0.1, 0.15) is 57.2 Å². The minimum atomic E-state index is 0.280. The van der Waals surface area contributed by atoms with Gasteiger partial charge in [-0.25, -0.2) is 0 Å². The highest BCUT2D eigenvalue weighted by atomic mass is 16.5. The van der Waals surface area contributed by atoms with Crippen LogP contribution in [0.15, 0.2) is 12.3 Å². The Bertz CT molecular complexity index is 374. The largest absolute Gasteiger partial charge is 0.382 e. The highest BCUT2D eigenvalue weighted by molar-refractivity contribution is 5.02. The van der Waals surface area contributed by atoms with E-state index in [2.05, 4.69) is 22.4 Å². The molecule has 1 atom stereocenters. The predicted octanol–water partition coefficient (Wildman–Crippen LogP) is 2.19. The van der Waals surface area contributed by atoms with Crippen molar-refractivity contribution >= 4 is 0 Å². The van der Waals surface area contributed by atoms with Crippen molar-refractivity contribution in [2.24, 2.45) is 5.84 Å². The minimum absolute atomic E-state index is 0.280. The van der Waals surface area contributed by atoms with Crippen LogP contribution in [-0.2, 0) is 11.2 Å². The third-order valence-corrected chi connectivity index (χ3v) is 4.10. The lowest BCUT2D eigenvalue weighted by atomic mass is 10.1. The Labute approximate surface area is 121 Å². The van der Waals surface area contributed by atoms with Crippen molar-refractivity contribution in [3.05, 3.63) is 18.0 Å². The maximum Gasteiger partial charge on any atom is 0.0640 e. The van der Waals surface area contributed by atoms with Gasteiger partial charge in [0, 0.05) is 31.9 Å². The molecule has 1 aliphatic carbocycles. The van der Waals surface area contributed by atoms with Gasteiger partial charge < -0.3 is 4.74 Å². The number of hydrogen-bond acceptors (Lipinski definition) is 4. The van der Waals surface area contributed by atoms with Gasteiger partial charge in [-0.05, 0) is 38.7 Å². The summed E-state index contributed by atoms with van der Waals surface area (Å²) in [5, 5.41) is 4.71. The summed E-state index contributed by atoms with van der Waals surface area (Å²) in [4.78, 5) is 0. The summed E-state index contributed by atoms with van der Waals surface area (Å²) in [7, 11) is 0. The maximum atomic E-state index is 5.64. The molecule has 0 saturated heterocycles. The molecular weight excluding hydrogens is 252 g/mol. The Hall–Kier alpha value is -0.910. The first kappa shape index (κ1) is 15.5. The van der Waals surface area contributed by atoms with Crippen LogP contribution in [-0.4, -0.2) is 29.0 Å². The lowest BCUT2D eigenvalue weighted by molar-refractivity contribution is 0.140. The topological polar surface area (TPSA) is 65.1 Å². The van der Waals surface area contributed by atoms with Gasteiger partial charge in [-0.3, -0.25) is 16.0 Å². The van der Waals surface area contributed by atoms with E-state index in [1.165, 1.54) is 25.7 Å². The Morgan fingerprint density at radius 2 is 2.30 bits per heavy atom. The van der Waals surface area contributed by atoms with Gasteiger partial charge in [-0.15, -0.1) is 0 Å². The molecule has 0 radical (unpaired) electrons. The van der Waals surface area contributed by atoms with Crippen molar-refractivity contribution in [1.82, 2.24) is 15.2 Å². The number of nitrogens with two attached hydrogens (primary N) is 1. The molecule has 5 heteroatoms. The molecule has 1 aromatic heterocycles. The van der Waals surface area contributed by atoms with Gasteiger partial charge in [0.2, 0.25) is 0 Å². The molecule has 1 aliphatic rings. The van der Waals surface area contributed by atoms with Gasteiger partial charge in [0.05, 0.1) is 11.7 Å². The lowest BCUT2D eigenvalue weighted by Gasteiger charge is -2.14. The zero-order valence-corrected chi connectivity index (χ0v) is 12.6. The van der Waals surface area contributed by atoms with Crippen LogP contribution in [0, 0.1) is 0 Å². The fourth-order valence-corrected chi connectivity index (χ4v) is 2.93. The quantitative estimate of drug-likeness (QED) is 0.413. The first-order chi connectivity index (χ1) is 9.83. The average molecular weight is 280 g/mol. The van der Waals surface area contributed by atoms with Crippen LogP contribution in [0.4, 0.5) is 0 Å². The van der Waals surface area contributed by atoms with Crippen LogP contribution < -0.4 is 11.3 Å². The van der Waals surface area contributed by atoms with Crippen molar-refractivity contribution in [1.29, 1.82) is 0 Å². The summed E-state index contributed by atoms with van der Waals surface area (Å²) in [6.45, 7) is 3.62. The standard InChI is InChI=1S/C15H28N4O/c1-2-20-11-5-6-13(17-16)12-14-9-10-19(18-14)15-7-3-4-8-15/h9-10,13,15,17H,2-8,11-12,16H2,1H3. The van der Waals surface area contributed by atoms with Crippen LogP contribution in [0.25, 0.3) is 0 Å². The Kier molecular flexibility index (Phi) is 6.50. The third kappa shape index (κ3) is 4.58. The SMILES string of the molecule is CCOCCCC(Cc1ccn(C2CCCC2)n1)NN. The van der Waals surface area contributed by atoms with E-state index in [-0.39, 0.29) is 6.04 Å². The highest BCUT2D eigenvalue weighted by Crippen LogP contribution is 2.28. The zero-order valence-electron chi connectivity index (χ0n) is 12.6. The van der Waals surface area contributed by atoms with Crippen molar-refractivity contribution in [2.45, 2.75) is 64.0 Å². The number of aromatic nitrogens is 2. The van der Waals surface area contributed by atoms with E-state index >= 15 is 0 Å². The van der Waals surface area contributed by atoms with E-state index in [0.29, 0.717) is 6.04 Å². The first-order valence-corrected chi connectivity index (χ1v) is 7.91.